The molecule has 0 aliphatic heterocycles. The van der Waals surface area contributed by atoms with E-state index in [1.807, 2.05) is 0 Å². The fraction of sp³-hybridized carbons (Fsp3) is 0.562. The van der Waals surface area contributed by atoms with Gasteiger partial charge in [-0.25, -0.2) is 8.42 Å². The van der Waals surface area contributed by atoms with Crippen LogP contribution in [0.5, 0.6) is 0 Å². The first-order chi connectivity index (χ1) is 9.93. The SMILES string of the molecule is CC(=O)c1ccc(S(=O)(=O)N(C)C2CCCCCC2)cc1. The van der Waals surface area contributed by atoms with Crippen molar-refractivity contribution in [3.8, 4) is 0 Å². The largest absolute Gasteiger partial charge is 0.295 e. The number of hydrogen-bond acceptors (Lipinski definition) is 3. The first-order valence-corrected chi connectivity index (χ1v) is 8.96. The highest BCUT2D eigenvalue weighted by molar-refractivity contribution is 7.89. The number of ketones is 1. The van der Waals surface area contributed by atoms with Crippen LogP contribution in [0, 0.1) is 0 Å². The maximum absolute atomic E-state index is 12.7. The highest BCUT2D eigenvalue weighted by Crippen LogP contribution is 2.26. The zero-order valence-corrected chi connectivity index (χ0v) is 13.5. The molecular formula is C16H23NO3S. The monoisotopic (exact) mass is 309 g/mol. The molecule has 0 saturated heterocycles. The van der Waals surface area contributed by atoms with E-state index < -0.39 is 10.0 Å². The van der Waals surface area contributed by atoms with E-state index in [2.05, 4.69) is 0 Å². The molecule has 1 aliphatic carbocycles. The predicted octanol–water partition coefficient (Wildman–Crippen LogP) is 3.23. The van der Waals surface area contributed by atoms with Crippen LogP contribution in [-0.4, -0.2) is 31.6 Å². The summed E-state index contributed by atoms with van der Waals surface area (Å²) in [5.41, 5.74) is 0.533. The lowest BCUT2D eigenvalue weighted by Gasteiger charge is -2.26. The van der Waals surface area contributed by atoms with Crippen molar-refractivity contribution >= 4 is 15.8 Å². The second-order valence-electron chi connectivity index (χ2n) is 5.75. The maximum Gasteiger partial charge on any atom is 0.243 e. The van der Waals surface area contributed by atoms with Gasteiger partial charge in [-0.2, -0.15) is 4.31 Å². The summed E-state index contributed by atoms with van der Waals surface area (Å²) in [6.07, 6.45) is 6.43. The van der Waals surface area contributed by atoms with Crippen LogP contribution in [-0.2, 0) is 10.0 Å². The maximum atomic E-state index is 12.7. The van der Waals surface area contributed by atoms with Crippen LogP contribution < -0.4 is 0 Å². The van der Waals surface area contributed by atoms with Crippen molar-refractivity contribution in [1.82, 2.24) is 4.31 Å². The van der Waals surface area contributed by atoms with Gasteiger partial charge in [0.25, 0.3) is 0 Å². The van der Waals surface area contributed by atoms with Gasteiger partial charge in [0.1, 0.15) is 0 Å². The average molecular weight is 309 g/mol. The standard InChI is InChI=1S/C16H23NO3S/c1-13(18)14-9-11-16(12-10-14)21(19,20)17(2)15-7-5-3-4-6-8-15/h9-12,15H,3-8H2,1-2H3. The van der Waals surface area contributed by atoms with Gasteiger partial charge in [0.05, 0.1) is 4.90 Å². The predicted molar refractivity (Wildman–Crippen MR) is 82.9 cm³/mol. The molecule has 0 amide bonds. The number of carbonyl (C=O) groups excluding carboxylic acids is 1. The molecule has 0 heterocycles. The number of rotatable bonds is 4. The Bertz CT molecular complexity index is 584. The van der Waals surface area contributed by atoms with E-state index in [1.54, 1.807) is 19.2 Å². The molecular weight excluding hydrogens is 286 g/mol. The van der Waals surface area contributed by atoms with Crippen molar-refractivity contribution in [3.63, 3.8) is 0 Å². The van der Waals surface area contributed by atoms with E-state index in [-0.39, 0.29) is 16.7 Å². The van der Waals surface area contributed by atoms with Gasteiger partial charge < -0.3 is 0 Å². The third-order valence-corrected chi connectivity index (χ3v) is 6.20. The Balaban J connectivity index is 2.21. The summed E-state index contributed by atoms with van der Waals surface area (Å²) in [6, 6.07) is 6.30. The van der Waals surface area contributed by atoms with Crippen LogP contribution in [0.4, 0.5) is 0 Å². The number of sulfonamides is 1. The fourth-order valence-electron chi connectivity index (χ4n) is 2.85. The first kappa shape index (κ1) is 16.2. The molecule has 5 heteroatoms. The minimum absolute atomic E-state index is 0.0592. The third-order valence-electron chi connectivity index (χ3n) is 4.28. The van der Waals surface area contributed by atoms with Gasteiger partial charge in [-0.3, -0.25) is 4.79 Å². The van der Waals surface area contributed by atoms with Crippen LogP contribution in [0.1, 0.15) is 55.8 Å². The molecule has 1 aromatic rings. The lowest BCUT2D eigenvalue weighted by molar-refractivity contribution is 0.101. The molecule has 4 nitrogen and oxygen atoms in total. The Kier molecular flexibility index (Phi) is 5.17. The summed E-state index contributed by atoms with van der Waals surface area (Å²) in [5, 5.41) is 0. The molecule has 0 N–H and O–H groups in total. The van der Waals surface area contributed by atoms with Crippen LogP contribution in [0.2, 0.25) is 0 Å². The molecule has 0 bridgehead atoms. The first-order valence-electron chi connectivity index (χ1n) is 7.52. The summed E-state index contributed by atoms with van der Waals surface area (Å²) < 4.78 is 26.8. The van der Waals surface area contributed by atoms with E-state index in [9.17, 15) is 13.2 Å². The van der Waals surface area contributed by atoms with E-state index >= 15 is 0 Å². The van der Waals surface area contributed by atoms with E-state index in [1.165, 1.54) is 36.2 Å². The van der Waals surface area contributed by atoms with Crippen LogP contribution in [0.3, 0.4) is 0 Å². The molecule has 0 unspecified atom stereocenters. The van der Waals surface area contributed by atoms with E-state index in [0.29, 0.717) is 5.56 Å². The van der Waals surface area contributed by atoms with Gasteiger partial charge in [-0.1, -0.05) is 37.8 Å². The number of nitrogens with zero attached hydrogens (tertiary/aromatic N) is 1. The Morgan fingerprint density at radius 2 is 1.57 bits per heavy atom. The van der Waals surface area contributed by atoms with Gasteiger partial charge in [-0.15, -0.1) is 0 Å². The molecule has 0 atom stereocenters. The molecule has 0 spiro atoms. The molecule has 1 saturated carbocycles. The summed E-state index contributed by atoms with van der Waals surface area (Å²) in [4.78, 5) is 11.5. The van der Waals surface area contributed by atoms with E-state index in [4.69, 9.17) is 0 Å². The van der Waals surface area contributed by atoms with Crippen molar-refractivity contribution in [2.45, 2.75) is 56.4 Å². The van der Waals surface area contributed by atoms with Crippen molar-refractivity contribution in [2.24, 2.45) is 0 Å². The van der Waals surface area contributed by atoms with Gasteiger partial charge >= 0.3 is 0 Å². The number of hydrogen-bond donors (Lipinski definition) is 0. The number of carbonyl (C=O) groups is 1. The zero-order valence-electron chi connectivity index (χ0n) is 12.7. The zero-order chi connectivity index (χ0) is 15.5. The Labute approximate surface area is 127 Å². The fourth-order valence-corrected chi connectivity index (χ4v) is 4.26. The summed E-state index contributed by atoms with van der Waals surface area (Å²) in [6.45, 7) is 1.47. The average Bonchev–Trinajstić information content (AvgIpc) is 2.75. The minimum Gasteiger partial charge on any atom is -0.295 e. The second kappa shape index (κ2) is 6.71. The summed E-state index contributed by atoms with van der Waals surface area (Å²) in [7, 11) is -1.80. The molecule has 1 aliphatic rings. The normalized spacial score (nSPS) is 17.7. The van der Waals surface area contributed by atoms with Crippen molar-refractivity contribution in [3.05, 3.63) is 29.8 Å². The van der Waals surface area contributed by atoms with Crippen LogP contribution >= 0.6 is 0 Å². The van der Waals surface area contributed by atoms with Gasteiger partial charge in [-0.05, 0) is 31.9 Å². The van der Waals surface area contributed by atoms with Crippen molar-refractivity contribution < 1.29 is 13.2 Å². The van der Waals surface area contributed by atoms with Crippen LogP contribution in [0.15, 0.2) is 29.2 Å². The second-order valence-corrected chi connectivity index (χ2v) is 7.74. The number of benzene rings is 1. The quantitative estimate of drug-likeness (QED) is 0.634. The Hall–Kier alpha value is -1.20. The van der Waals surface area contributed by atoms with Crippen molar-refractivity contribution in [1.29, 1.82) is 0 Å². The molecule has 1 fully saturated rings. The van der Waals surface area contributed by atoms with E-state index in [0.717, 1.165) is 25.7 Å². The van der Waals surface area contributed by atoms with Gasteiger partial charge in [0, 0.05) is 18.7 Å². The molecule has 116 valence electrons. The summed E-state index contributed by atoms with van der Waals surface area (Å²) >= 11 is 0. The molecule has 0 radical (unpaired) electrons. The number of Topliss-reactive ketones (excluding diaryl/α,β-unsaturated/α-hetero) is 1. The smallest absolute Gasteiger partial charge is 0.243 e. The highest BCUT2D eigenvalue weighted by Gasteiger charge is 2.28. The molecule has 21 heavy (non-hydrogen) atoms. The lowest BCUT2D eigenvalue weighted by atomic mass is 10.1. The summed E-state index contributed by atoms with van der Waals surface area (Å²) in [5.74, 6) is -0.0592. The Morgan fingerprint density at radius 3 is 2.05 bits per heavy atom. The van der Waals surface area contributed by atoms with Gasteiger partial charge in [0.15, 0.2) is 5.78 Å². The molecule has 2 rings (SSSR count). The highest BCUT2D eigenvalue weighted by atomic mass is 32.2. The minimum atomic E-state index is -3.48. The third kappa shape index (κ3) is 3.71. The van der Waals surface area contributed by atoms with Crippen molar-refractivity contribution in [2.75, 3.05) is 7.05 Å². The molecule has 0 aromatic heterocycles. The topological polar surface area (TPSA) is 54.5 Å². The van der Waals surface area contributed by atoms with Gasteiger partial charge in [0.2, 0.25) is 10.0 Å². The lowest BCUT2D eigenvalue weighted by Crippen LogP contribution is -2.36. The molecule has 1 aromatic carbocycles. The Morgan fingerprint density at radius 1 is 1.05 bits per heavy atom. The van der Waals surface area contributed by atoms with Crippen LogP contribution in [0.25, 0.3) is 0 Å².